The highest BCUT2D eigenvalue weighted by atomic mass is 35.5. The zero-order valence-electron chi connectivity index (χ0n) is 19.1. The van der Waals surface area contributed by atoms with Crippen molar-refractivity contribution >= 4 is 58.6 Å². The zero-order chi connectivity index (χ0) is 24.1. The Morgan fingerprint density at radius 3 is 2.74 bits per heavy atom. The zero-order valence-corrected chi connectivity index (χ0v) is 20.7. The minimum absolute atomic E-state index is 0.249. The summed E-state index contributed by atoms with van der Waals surface area (Å²) >= 11 is 7.99. The summed E-state index contributed by atoms with van der Waals surface area (Å²) in [6.45, 7) is 8.62. The smallest absolute Gasteiger partial charge is 0.289 e. The van der Waals surface area contributed by atoms with Crippen molar-refractivity contribution in [2.24, 2.45) is 15.0 Å². The predicted molar refractivity (Wildman–Crippen MR) is 141 cm³/mol. The van der Waals surface area contributed by atoms with Crippen molar-refractivity contribution in [3.8, 4) is 5.75 Å². The second kappa shape index (κ2) is 10.2. The normalized spacial score (nSPS) is 14.8. The average Bonchev–Trinajstić information content (AvgIpc) is 3.46. The summed E-state index contributed by atoms with van der Waals surface area (Å²) in [7, 11) is 1.70. The fourth-order valence-corrected chi connectivity index (χ4v) is 4.02. The number of aromatic nitrogens is 1. The molecule has 2 N–H and O–H groups in total. The summed E-state index contributed by atoms with van der Waals surface area (Å²) in [5, 5.41) is 9.80. The van der Waals surface area contributed by atoms with Crippen LogP contribution in [0, 0.1) is 0 Å². The van der Waals surface area contributed by atoms with Gasteiger partial charge in [0.25, 0.3) is 6.02 Å². The van der Waals surface area contributed by atoms with Gasteiger partial charge in [0, 0.05) is 35.6 Å². The van der Waals surface area contributed by atoms with Crippen molar-refractivity contribution in [2.45, 2.75) is 26.0 Å². The number of amidine groups is 2. The summed E-state index contributed by atoms with van der Waals surface area (Å²) in [6.07, 6.45) is 1.75. The molecular formula is C24H25ClN6O2S. The first kappa shape index (κ1) is 23.7. The number of rotatable bonds is 7. The SMILES string of the molecule is C=Nc1ccc(NC2=NC(C)(C)CO2)cc1/C(=N\C)Nc1ccc(OCc2nccs2)c(Cl)c1. The quantitative estimate of drug-likeness (QED) is 0.320. The number of nitrogens with zero attached hydrogens (tertiary/aromatic N) is 4. The molecule has 0 saturated carbocycles. The summed E-state index contributed by atoms with van der Waals surface area (Å²) in [4.78, 5) is 17.3. The first-order valence-corrected chi connectivity index (χ1v) is 11.8. The van der Waals surface area contributed by atoms with Gasteiger partial charge < -0.3 is 20.1 Å². The number of hydrogen-bond acceptors (Lipinski definition) is 8. The number of halogens is 1. The third-order valence-electron chi connectivity index (χ3n) is 4.89. The number of ether oxygens (including phenoxy) is 2. The molecule has 1 aliphatic heterocycles. The summed E-state index contributed by atoms with van der Waals surface area (Å²) in [6, 6.07) is 11.6. The molecule has 1 aromatic heterocycles. The lowest BCUT2D eigenvalue weighted by molar-refractivity contribution is 0.278. The third-order valence-corrected chi connectivity index (χ3v) is 5.94. The molecule has 176 valence electrons. The standard InChI is InChI=1S/C24H25ClN6O2S/c1-24(2)14-33-23(31-24)30-15-5-7-19(26-3)17(11-15)22(27-4)29-16-6-8-20(18(25)12-16)32-13-21-28-9-10-34-21/h5-12H,3,13-14H2,1-2,4H3,(H,27,29)(H,30,31). The Bertz CT molecular complexity index is 1240. The average molecular weight is 497 g/mol. The van der Waals surface area contributed by atoms with Crippen LogP contribution in [0.5, 0.6) is 5.75 Å². The molecule has 0 fully saturated rings. The van der Waals surface area contributed by atoms with E-state index in [0.29, 0.717) is 41.5 Å². The van der Waals surface area contributed by atoms with Gasteiger partial charge in [-0.25, -0.2) is 9.98 Å². The second-order valence-corrected chi connectivity index (χ2v) is 9.48. The van der Waals surface area contributed by atoms with Crippen LogP contribution in [-0.4, -0.2) is 42.8 Å². The maximum atomic E-state index is 6.46. The monoisotopic (exact) mass is 496 g/mol. The van der Waals surface area contributed by atoms with Crippen molar-refractivity contribution in [2.75, 3.05) is 24.3 Å². The van der Waals surface area contributed by atoms with Gasteiger partial charge in [0.2, 0.25) is 0 Å². The molecule has 0 atom stereocenters. The van der Waals surface area contributed by atoms with Crippen LogP contribution < -0.4 is 15.4 Å². The van der Waals surface area contributed by atoms with Crippen molar-refractivity contribution in [1.82, 2.24) is 4.98 Å². The molecule has 2 heterocycles. The first-order chi connectivity index (χ1) is 16.4. The molecule has 8 nitrogen and oxygen atoms in total. The number of thiazole rings is 1. The highest BCUT2D eigenvalue weighted by molar-refractivity contribution is 7.09. The Kier molecular flexibility index (Phi) is 7.14. The molecule has 0 saturated heterocycles. The fourth-order valence-electron chi connectivity index (χ4n) is 3.25. The van der Waals surface area contributed by atoms with Crippen LogP contribution in [-0.2, 0) is 11.3 Å². The van der Waals surface area contributed by atoms with Gasteiger partial charge in [0.05, 0.1) is 16.2 Å². The van der Waals surface area contributed by atoms with E-state index in [1.165, 1.54) is 11.3 Å². The van der Waals surface area contributed by atoms with Crippen LogP contribution in [0.25, 0.3) is 0 Å². The van der Waals surface area contributed by atoms with Crippen LogP contribution >= 0.6 is 22.9 Å². The molecule has 1 aliphatic rings. The molecule has 0 unspecified atom stereocenters. The number of benzene rings is 2. The summed E-state index contributed by atoms with van der Waals surface area (Å²) in [5.74, 6) is 1.19. The van der Waals surface area contributed by atoms with Crippen LogP contribution in [0.4, 0.5) is 17.1 Å². The van der Waals surface area contributed by atoms with Crippen LogP contribution in [0.15, 0.2) is 63.0 Å². The van der Waals surface area contributed by atoms with Crippen LogP contribution in [0.3, 0.4) is 0 Å². The minimum Gasteiger partial charge on any atom is -0.485 e. The van der Waals surface area contributed by atoms with Crippen molar-refractivity contribution in [1.29, 1.82) is 0 Å². The number of hydrogen-bond donors (Lipinski definition) is 2. The molecule has 0 aliphatic carbocycles. The highest BCUT2D eigenvalue weighted by Crippen LogP contribution is 2.30. The Morgan fingerprint density at radius 2 is 2.09 bits per heavy atom. The van der Waals surface area contributed by atoms with Gasteiger partial charge in [0.1, 0.15) is 29.8 Å². The number of nitrogens with one attached hydrogen (secondary N) is 2. The number of aliphatic imine (C=N–C) groups is 3. The van der Waals surface area contributed by atoms with Gasteiger partial charge in [0.15, 0.2) is 0 Å². The van der Waals surface area contributed by atoms with Gasteiger partial charge in [-0.15, -0.1) is 11.3 Å². The van der Waals surface area contributed by atoms with E-state index >= 15 is 0 Å². The van der Waals surface area contributed by atoms with Gasteiger partial charge in [-0.05, 0) is 57.0 Å². The molecule has 0 spiro atoms. The lowest BCUT2D eigenvalue weighted by Gasteiger charge is -2.15. The molecule has 34 heavy (non-hydrogen) atoms. The minimum atomic E-state index is -0.249. The van der Waals surface area contributed by atoms with Gasteiger partial charge >= 0.3 is 0 Å². The van der Waals surface area contributed by atoms with Crippen molar-refractivity contribution < 1.29 is 9.47 Å². The van der Waals surface area contributed by atoms with E-state index in [1.54, 1.807) is 19.3 Å². The summed E-state index contributed by atoms with van der Waals surface area (Å²) in [5.41, 5.74) is 2.75. The third kappa shape index (κ3) is 5.73. The van der Waals surface area contributed by atoms with Crippen LogP contribution in [0.1, 0.15) is 24.4 Å². The van der Waals surface area contributed by atoms with Crippen molar-refractivity contribution in [3.05, 3.63) is 63.6 Å². The van der Waals surface area contributed by atoms with Gasteiger partial charge in [-0.3, -0.25) is 9.98 Å². The fraction of sp³-hybridized carbons (Fsp3) is 0.250. The molecule has 0 radical (unpaired) electrons. The maximum Gasteiger partial charge on any atom is 0.289 e. The van der Waals surface area contributed by atoms with E-state index in [9.17, 15) is 0 Å². The predicted octanol–water partition coefficient (Wildman–Crippen LogP) is 5.77. The lowest BCUT2D eigenvalue weighted by atomic mass is 10.1. The highest BCUT2D eigenvalue weighted by Gasteiger charge is 2.26. The van der Waals surface area contributed by atoms with E-state index < -0.39 is 0 Å². The van der Waals surface area contributed by atoms with Gasteiger partial charge in [-0.2, -0.15) is 0 Å². The molecule has 2 aromatic carbocycles. The van der Waals surface area contributed by atoms with Crippen molar-refractivity contribution in [3.63, 3.8) is 0 Å². The largest absolute Gasteiger partial charge is 0.485 e. The second-order valence-electron chi connectivity index (χ2n) is 8.09. The Balaban J connectivity index is 1.51. The van der Waals surface area contributed by atoms with Crippen LogP contribution in [0.2, 0.25) is 5.02 Å². The van der Waals surface area contributed by atoms with E-state index in [1.807, 2.05) is 49.6 Å². The Morgan fingerprint density at radius 1 is 1.26 bits per heavy atom. The topological polar surface area (TPSA) is 92.5 Å². The number of anilines is 2. The van der Waals surface area contributed by atoms with E-state index in [0.717, 1.165) is 21.9 Å². The summed E-state index contributed by atoms with van der Waals surface area (Å²) < 4.78 is 11.4. The van der Waals surface area contributed by atoms with E-state index in [-0.39, 0.29) is 5.54 Å². The Labute approximate surface area is 207 Å². The molecule has 3 aromatic rings. The molecule has 0 bridgehead atoms. The lowest BCUT2D eigenvalue weighted by Crippen LogP contribution is -2.17. The van der Waals surface area contributed by atoms with E-state index in [4.69, 9.17) is 21.1 Å². The molecular weight excluding hydrogens is 472 g/mol. The molecule has 10 heteroatoms. The van der Waals surface area contributed by atoms with E-state index in [2.05, 4.69) is 37.3 Å². The first-order valence-electron chi connectivity index (χ1n) is 10.5. The molecule has 0 amide bonds. The maximum absolute atomic E-state index is 6.46. The Hall–Kier alpha value is -3.43. The molecule has 4 rings (SSSR count). The van der Waals surface area contributed by atoms with Gasteiger partial charge in [-0.1, -0.05) is 11.6 Å².